The molecule has 0 aliphatic rings. The van der Waals surface area contributed by atoms with Crippen LogP contribution in [0.5, 0.6) is 5.75 Å². The van der Waals surface area contributed by atoms with E-state index in [9.17, 15) is 10.2 Å². The van der Waals surface area contributed by atoms with Crippen LogP contribution < -0.4 is 0 Å². The molecule has 0 heterocycles. The fraction of sp³-hybridized carbons (Fsp3) is 0.520. The van der Waals surface area contributed by atoms with Crippen molar-refractivity contribution < 1.29 is 10.2 Å². The summed E-state index contributed by atoms with van der Waals surface area (Å²) in [5.41, 5.74) is 5.93. The standard InChI is InChI=1S/C25H36O2/c1-23(2,3)18-10-16(11-19(13-18)24(4,5)6)21-14-20(25(7,8)9)12-17(15-26)22(21)27/h10-14,26-27H,15H2,1-9H3. The number of rotatable bonds is 2. The molecular formula is C25H36O2. The van der Waals surface area contributed by atoms with Gasteiger partial charge in [-0.1, -0.05) is 80.5 Å². The number of hydrogen-bond donors (Lipinski definition) is 2. The first-order valence-corrected chi connectivity index (χ1v) is 9.78. The summed E-state index contributed by atoms with van der Waals surface area (Å²) >= 11 is 0. The molecule has 2 aromatic rings. The summed E-state index contributed by atoms with van der Waals surface area (Å²) in [4.78, 5) is 0. The van der Waals surface area contributed by atoms with Gasteiger partial charge >= 0.3 is 0 Å². The summed E-state index contributed by atoms with van der Waals surface area (Å²) in [6.45, 7) is 19.5. The monoisotopic (exact) mass is 368 g/mol. The number of aliphatic hydroxyl groups is 1. The number of hydrogen-bond acceptors (Lipinski definition) is 2. The highest BCUT2D eigenvalue weighted by molar-refractivity contribution is 5.74. The second-order valence-corrected chi connectivity index (χ2v) is 10.7. The zero-order valence-corrected chi connectivity index (χ0v) is 18.5. The Labute approximate surface area is 165 Å². The van der Waals surface area contributed by atoms with E-state index in [-0.39, 0.29) is 28.6 Å². The van der Waals surface area contributed by atoms with Crippen molar-refractivity contribution in [3.05, 3.63) is 52.6 Å². The largest absolute Gasteiger partial charge is 0.507 e. The minimum atomic E-state index is -0.173. The summed E-state index contributed by atoms with van der Waals surface area (Å²) in [7, 11) is 0. The van der Waals surface area contributed by atoms with Crippen molar-refractivity contribution in [2.45, 2.75) is 85.2 Å². The van der Waals surface area contributed by atoms with Gasteiger partial charge in [0.25, 0.3) is 0 Å². The molecule has 0 spiro atoms. The molecule has 148 valence electrons. The topological polar surface area (TPSA) is 40.5 Å². The molecule has 0 fully saturated rings. The maximum atomic E-state index is 10.9. The maximum absolute atomic E-state index is 10.9. The first kappa shape index (κ1) is 21.5. The second kappa shape index (κ2) is 6.98. The summed E-state index contributed by atoms with van der Waals surface area (Å²) in [5, 5.41) is 20.6. The first-order valence-electron chi connectivity index (χ1n) is 9.78. The van der Waals surface area contributed by atoms with Crippen molar-refractivity contribution in [2.24, 2.45) is 0 Å². The van der Waals surface area contributed by atoms with Gasteiger partial charge in [0.2, 0.25) is 0 Å². The van der Waals surface area contributed by atoms with Crippen LogP contribution >= 0.6 is 0 Å². The molecule has 2 nitrogen and oxygen atoms in total. The van der Waals surface area contributed by atoms with E-state index in [1.165, 1.54) is 11.1 Å². The molecule has 0 atom stereocenters. The lowest BCUT2D eigenvalue weighted by Gasteiger charge is -2.27. The van der Waals surface area contributed by atoms with E-state index in [4.69, 9.17) is 0 Å². The number of aromatic hydroxyl groups is 1. The predicted octanol–water partition coefficient (Wildman–Crippen LogP) is 6.44. The Balaban J connectivity index is 2.84. The summed E-state index contributed by atoms with van der Waals surface area (Å²) in [6.07, 6.45) is 0. The molecule has 0 bridgehead atoms. The molecule has 0 saturated heterocycles. The Morgan fingerprint density at radius 1 is 0.630 bits per heavy atom. The van der Waals surface area contributed by atoms with Gasteiger partial charge in [0.15, 0.2) is 0 Å². The number of aliphatic hydroxyl groups excluding tert-OH is 1. The van der Waals surface area contributed by atoms with Gasteiger partial charge in [0.05, 0.1) is 6.61 Å². The molecule has 2 N–H and O–H groups in total. The van der Waals surface area contributed by atoms with Crippen LogP contribution in [0.15, 0.2) is 30.3 Å². The van der Waals surface area contributed by atoms with Crippen LogP contribution in [0.1, 0.15) is 84.6 Å². The van der Waals surface area contributed by atoms with Gasteiger partial charge in [-0.25, -0.2) is 0 Å². The molecule has 0 unspecified atom stereocenters. The van der Waals surface area contributed by atoms with Gasteiger partial charge in [0, 0.05) is 11.1 Å². The van der Waals surface area contributed by atoms with Gasteiger partial charge < -0.3 is 10.2 Å². The Kier molecular flexibility index (Phi) is 5.56. The predicted molar refractivity (Wildman–Crippen MR) is 116 cm³/mol. The van der Waals surface area contributed by atoms with Gasteiger partial charge in [-0.05, 0) is 50.6 Å². The normalized spacial score (nSPS) is 13.1. The average Bonchev–Trinajstić information content (AvgIpc) is 2.51. The van der Waals surface area contributed by atoms with Gasteiger partial charge in [-0.15, -0.1) is 0 Å². The molecule has 0 saturated carbocycles. The van der Waals surface area contributed by atoms with E-state index in [0.717, 1.165) is 16.7 Å². The van der Waals surface area contributed by atoms with Crippen LogP contribution in [0.3, 0.4) is 0 Å². The van der Waals surface area contributed by atoms with Crippen molar-refractivity contribution in [3.8, 4) is 16.9 Å². The smallest absolute Gasteiger partial charge is 0.128 e. The van der Waals surface area contributed by atoms with Crippen LogP contribution in [0.2, 0.25) is 0 Å². The zero-order chi connectivity index (χ0) is 20.8. The summed E-state index contributed by atoms with van der Waals surface area (Å²) < 4.78 is 0. The zero-order valence-electron chi connectivity index (χ0n) is 18.5. The molecular weight excluding hydrogens is 332 g/mol. The summed E-state index contributed by atoms with van der Waals surface area (Å²) in [6, 6.07) is 10.6. The highest BCUT2D eigenvalue weighted by atomic mass is 16.3. The maximum Gasteiger partial charge on any atom is 0.128 e. The number of phenols is 1. The molecule has 0 aromatic heterocycles. The molecule has 0 radical (unpaired) electrons. The lowest BCUT2D eigenvalue weighted by atomic mass is 9.78. The van der Waals surface area contributed by atoms with Crippen molar-refractivity contribution in [1.29, 1.82) is 0 Å². The lowest BCUT2D eigenvalue weighted by Crippen LogP contribution is -2.16. The Hall–Kier alpha value is -1.80. The fourth-order valence-electron chi connectivity index (χ4n) is 3.12. The third kappa shape index (κ3) is 4.73. The quantitative estimate of drug-likeness (QED) is 0.640. The van der Waals surface area contributed by atoms with Crippen LogP contribution in [-0.2, 0) is 22.9 Å². The third-order valence-corrected chi connectivity index (χ3v) is 5.20. The second-order valence-electron chi connectivity index (χ2n) is 10.7. The molecule has 2 rings (SSSR count). The Bertz CT molecular complexity index is 793. The van der Waals surface area contributed by atoms with E-state index in [1.807, 2.05) is 6.07 Å². The SMILES string of the molecule is CC(C)(C)c1cc(-c2cc(C(C)(C)C)cc(CO)c2O)cc(C(C)(C)C)c1. The van der Waals surface area contributed by atoms with Crippen LogP contribution in [-0.4, -0.2) is 10.2 Å². The van der Waals surface area contributed by atoms with Crippen LogP contribution in [0.4, 0.5) is 0 Å². The van der Waals surface area contributed by atoms with E-state index in [1.54, 1.807) is 0 Å². The van der Waals surface area contributed by atoms with Crippen molar-refractivity contribution in [3.63, 3.8) is 0 Å². The first-order chi connectivity index (χ1) is 12.1. The molecule has 27 heavy (non-hydrogen) atoms. The van der Waals surface area contributed by atoms with Crippen molar-refractivity contribution in [2.75, 3.05) is 0 Å². The minimum absolute atomic E-state index is 0.00702. The average molecular weight is 369 g/mol. The van der Waals surface area contributed by atoms with Crippen molar-refractivity contribution in [1.82, 2.24) is 0 Å². The third-order valence-electron chi connectivity index (χ3n) is 5.20. The van der Waals surface area contributed by atoms with Gasteiger partial charge in [-0.2, -0.15) is 0 Å². The number of benzene rings is 2. The van der Waals surface area contributed by atoms with Gasteiger partial charge in [0.1, 0.15) is 5.75 Å². The van der Waals surface area contributed by atoms with E-state index in [0.29, 0.717) is 5.56 Å². The fourth-order valence-corrected chi connectivity index (χ4v) is 3.12. The molecule has 0 aliphatic carbocycles. The molecule has 0 aliphatic heterocycles. The van der Waals surface area contributed by atoms with E-state index >= 15 is 0 Å². The minimum Gasteiger partial charge on any atom is -0.507 e. The van der Waals surface area contributed by atoms with E-state index in [2.05, 4.69) is 86.6 Å². The lowest BCUT2D eigenvalue weighted by molar-refractivity contribution is 0.275. The summed E-state index contributed by atoms with van der Waals surface area (Å²) in [5.74, 6) is 0.177. The van der Waals surface area contributed by atoms with Crippen molar-refractivity contribution >= 4 is 0 Å². The van der Waals surface area contributed by atoms with E-state index < -0.39 is 0 Å². The molecule has 2 heteroatoms. The highest BCUT2D eigenvalue weighted by Crippen LogP contribution is 2.40. The van der Waals surface area contributed by atoms with Crippen LogP contribution in [0.25, 0.3) is 11.1 Å². The molecule has 2 aromatic carbocycles. The van der Waals surface area contributed by atoms with Gasteiger partial charge in [-0.3, -0.25) is 0 Å². The highest BCUT2D eigenvalue weighted by Gasteiger charge is 2.24. The van der Waals surface area contributed by atoms with Crippen LogP contribution in [0, 0.1) is 0 Å². The molecule has 0 amide bonds. The Morgan fingerprint density at radius 2 is 1.04 bits per heavy atom. The Morgan fingerprint density at radius 3 is 1.41 bits per heavy atom.